The zero-order valence-corrected chi connectivity index (χ0v) is 14.0. The number of rotatable bonds is 6. The summed E-state index contributed by atoms with van der Waals surface area (Å²) >= 11 is 0. The Hall–Kier alpha value is -1.26. The second-order valence-electron chi connectivity index (χ2n) is 6.51. The highest BCUT2D eigenvalue weighted by Crippen LogP contribution is 2.39. The van der Waals surface area contributed by atoms with Crippen LogP contribution in [0.15, 0.2) is 18.2 Å². The van der Waals surface area contributed by atoms with Gasteiger partial charge in [-0.15, -0.1) is 0 Å². The molecule has 0 saturated heterocycles. The molecule has 4 nitrogen and oxygen atoms in total. The molecule has 1 aromatic carbocycles. The average Bonchev–Trinajstić information content (AvgIpc) is 2.40. The monoisotopic (exact) mass is 291 g/mol. The summed E-state index contributed by atoms with van der Waals surface area (Å²) in [5, 5.41) is 0. The summed E-state index contributed by atoms with van der Waals surface area (Å²) in [4.78, 5) is 4.71. The average molecular weight is 291 g/mol. The number of likely N-dealkylation sites (N-methyl/N-ethyl adjacent to an activating group) is 2. The van der Waals surface area contributed by atoms with Crippen LogP contribution in [0.4, 0.5) is 5.69 Å². The van der Waals surface area contributed by atoms with Crippen LogP contribution in [0.1, 0.15) is 37.8 Å². The molecule has 0 radical (unpaired) electrons. The van der Waals surface area contributed by atoms with E-state index in [1.165, 1.54) is 24.9 Å². The number of nitrogens with zero attached hydrogens (tertiary/aromatic N) is 2. The minimum absolute atomic E-state index is 0.0460. The number of nitrogens with two attached hydrogens (primary N) is 1. The van der Waals surface area contributed by atoms with Gasteiger partial charge < -0.3 is 20.3 Å². The Morgan fingerprint density at radius 2 is 1.95 bits per heavy atom. The van der Waals surface area contributed by atoms with Crippen LogP contribution in [0.25, 0.3) is 0 Å². The largest absolute Gasteiger partial charge is 0.496 e. The van der Waals surface area contributed by atoms with Crippen LogP contribution in [0, 0.1) is 0 Å². The second-order valence-corrected chi connectivity index (χ2v) is 6.51. The van der Waals surface area contributed by atoms with Crippen molar-refractivity contribution in [2.45, 2.75) is 37.8 Å². The van der Waals surface area contributed by atoms with E-state index in [-0.39, 0.29) is 6.04 Å². The molecule has 21 heavy (non-hydrogen) atoms. The highest BCUT2D eigenvalue weighted by Gasteiger charge is 2.40. The quantitative estimate of drug-likeness (QED) is 0.875. The van der Waals surface area contributed by atoms with Gasteiger partial charge in [-0.3, -0.25) is 0 Å². The first kappa shape index (κ1) is 16.1. The van der Waals surface area contributed by atoms with Crippen molar-refractivity contribution in [1.82, 2.24) is 4.90 Å². The van der Waals surface area contributed by atoms with Crippen LogP contribution in [0.3, 0.4) is 0 Å². The maximum absolute atomic E-state index is 6.18. The first-order valence-corrected chi connectivity index (χ1v) is 7.72. The van der Waals surface area contributed by atoms with Crippen molar-refractivity contribution in [3.63, 3.8) is 0 Å². The third-order valence-corrected chi connectivity index (χ3v) is 4.89. The van der Waals surface area contributed by atoms with Crippen LogP contribution >= 0.6 is 0 Å². The molecule has 4 heteroatoms. The van der Waals surface area contributed by atoms with Gasteiger partial charge in [-0.25, -0.2) is 0 Å². The fraction of sp³-hybridized carbons (Fsp3) is 0.647. The Morgan fingerprint density at radius 3 is 2.38 bits per heavy atom. The lowest BCUT2D eigenvalue weighted by Crippen LogP contribution is -2.56. The molecular weight excluding hydrogens is 262 g/mol. The lowest BCUT2D eigenvalue weighted by atomic mass is 9.75. The van der Waals surface area contributed by atoms with E-state index in [1.807, 2.05) is 19.1 Å². The van der Waals surface area contributed by atoms with Gasteiger partial charge in [0.1, 0.15) is 5.75 Å². The first-order valence-electron chi connectivity index (χ1n) is 7.72. The molecule has 2 rings (SSSR count). The molecule has 0 unspecified atom stereocenters. The van der Waals surface area contributed by atoms with Crippen molar-refractivity contribution in [2.24, 2.45) is 5.73 Å². The van der Waals surface area contributed by atoms with E-state index in [0.717, 1.165) is 17.9 Å². The van der Waals surface area contributed by atoms with Gasteiger partial charge in [0.25, 0.3) is 0 Å². The number of anilines is 1. The summed E-state index contributed by atoms with van der Waals surface area (Å²) in [6.45, 7) is 3.03. The molecule has 2 N–H and O–H groups in total. The minimum Gasteiger partial charge on any atom is -0.496 e. The summed E-state index contributed by atoms with van der Waals surface area (Å²) in [7, 11) is 8.23. The van der Waals surface area contributed by atoms with E-state index in [0.29, 0.717) is 5.54 Å². The molecule has 0 aromatic heterocycles. The van der Waals surface area contributed by atoms with E-state index < -0.39 is 0 Å². The summed E-state index contributed by atoms with van der Waals surface area (Å²) in [5.74, 6) is 0.877. The minimum atomic E-state index is -0.0460. The molecule has 0 bridgehead atoms. The topological polar surface area (TPSA) is 41.7 Å². The van der Waals surface area contributed by atoms with Crippen LogP contribution in [-0.2, 0) is 0 Å². The van der Waals surface area contributed by atoms with E-state index in [2.05, 4.69) is 37.0 Å². The number of hydrogen-bond donors (Lipinski definition) is 1. The van der Waals surface area contributed by atoms with Gasteiger partial charge in [-0.05, 0) is 52.4 Å². The number of hydrogen-bond acceptors (Lipinski definition) is 4. The second kappa shape index (κ2) is 6.24. The highest BCUT2D eigenvalue weighted by atomic mass is 16.5. The smallest absolute Gasteiger partial charge is 0.125 e. The van der Waals surface area contributed by atoms with Crippen LogP contribution in [0.2, 0.25) is 0 Å². The molecule has 1 aliphatic rings. The fourth-order valence-electron chi connectivity index (χ4n) is 3.36. The third kappa shape index (κ3) is 3.01. The molecule has 1 aromatic rings. The lowest BCUT2D eigenvalue weighted by molar-refractivity contribution is 0.0683. The van der Waals surface area contributed by atoms with Crippen molar-refractivity contribution in [1.29, 1.82) is 0 Å². The standard InChI is InChI=1S/C17H29N3O/c1-13(18)16-14(8-6-9-15(16)21-5)20(4)12-17(19(2)3)10-7-11-17/h6,8-9,13H,7,10-12,18H2,1-5H3/t13-/m0/s1. The number of methoxy groups -OCH3 is 1. The normalized spacial score (nSPS) is 18.2. The van der Waals surface area contributed by atoms with Crippen molar-refractivity contribution in [3.05, 3.63) is 23.8 Å². The molecule has 0 heterocycles. The van der Waals surface area contributed by atoms with Gasteiger partial charge in [-0.1, -0.05) is 6.07 Å². The van der Waals surface area contributed by atoms with Crippen molar-refractivity contribution < 1.29 is 4.74 Å². The van der Waals surface area contributed by atoms with Gasteiger partial charge in [0.2, 0.25) is 0 Å². The Labute approximate surface area is 128 Å². The van der Waals surface area contributed by atoms with Crippen LogP contribution in [-0.4, -0.2) is 45.2 Å². The summed E-state index contributed by atoms with van der Waals surface area (Å²) in [6.07, 6.45) is 3.86. The zero-order valence-electron chi connectivity index (χ0n) is 14.0. The Kier molecular flexibility index (Phi) is 4.79. The summed E-state index contributed by atoms with van der Waals surface area (Å²) in [6, 6.07) is 6.12. The fourth-order valence-corrected chi connectivity index (χ4v) is 3.36. The van der Waals surface area contributed by atoms with Gasteiger partial charge in [0, 0.05) is 36.4 Å². The van der Waals surface area contributed by atoms with Crippen molar-refractivity contribution in [3.8, 4) is 5.75 Å². The lowest BCUT2D eigenvalue weighted by Gasteiger charge is -2.49. The number of benzene rings is 1. The molecule has 0 spiro atoms. The van der Waals surface area contributed by atoms with Gasteiger partial charge in [0.05, 0.1) is 7.11 Å². The van der Waals surface area contributed by atoms with E-state index >= 15 is 0 Å². The molecule has 1 fully saturated rings. The predicted molar refractivity (Wildman–Crippen MR) is 89.1 cm³/mol. The zero-order chi connectivity index (χ0) is 15.6. The van der Waals surface area contributed by atoms with E-state index in [9.17, 15) is 0 Å². The third-order valence-electron chi connectivity index (χ3n) is 4.89. The molecule has 118 valence electrons. The maximum Gasteiger partial charge on any atom is 0.125 e. The van der Waals surface area contributed by atoms with E-state index in [1.54, 1.807) is 7.11 Å². The Morgan fingerprint density at radius 1 is 1.29 bits per heavy atom. The van der Waals surface area contributed by atoms with Gasteiger partial charge in [0.15, 0.2) is 0 Å². The number of ether oxygens (including phenoxy) is 1. The Bertz CT molecular complexity index is 481. The molecule has 1 atom stereocenters. The van der Waals surface area contributed by atoms with Gasteiger partial charge in [-0.2, -0.15) is 0 Å². The molecular formula is C17H29N3O. The predicted octanol–water partition coefficient (Wildman–Crippen LogP) is 2.64. The molecule has 1 aliphatic carbocycles. The van der Waals surface area contributed by atoms with E-state index in [4.69, 9.17) is 10.5 Å². The first-order chi connectivity index (χ1) is 9.91. The van der Waals surface area contributed by atoms with Crippen molar-refractivity contribution in [2.75, 3.05) is 39.7 Å². The van der Waals surface area contributed by atoms with Crippen LogP contribution < -0.4 is 15.4 Å². The maximum atomic E-state index is 6.18. The molecule has 1 saturated carbocycles. The Balaban J connectivity index is 2.29. The van der Waals surface area contributed by atoms with Gasteiger partial charge >= 0.3 is 0 Å². The SMILES string of the molecule is COc1cccc(N(C)CC2(N(C)C)CCC2)c1[C@H](C)N. The summed E-state index contributed by atoms with van der Waals surface area (Å²) in [5.41, 5.74) is 8.75. The molecule has 0 aliphatic heterocycles. The van der Waals surface area contributed by atoms with Crippen molar-refractivity contribution >= 4 is 5.69 Å². The highest BCUT2D eigenvalue weighted by molar-refractivity contribution is 5.60. The molecule has 0 amide bonds. The summed E-state index contributed by atoms with van der Waals surface area (Å²) < 4.78 is 5.50. The van der Waals surface area contributed by atoms with Crippen LogP contribution in [0.5, 0.6) is 5.75 Å².